The van der Waals surface area contributed by atoms with Gasteiger partial charge >= 0.3 is 0 Å². The van der Waals surface area contributed by atoms with Crippen LogP contribution in [0.25, 0.3) is 0 Å². The van der Waals surface area contributed by atoms with Gasteiger partial charge in [0.1, 0.15) is 0 Å². The van der Waals surface area contributed by atoms with Crippen LogP contribution >= 0.6 is 24.0 Å². The molecule has 0 radical (unpaired) electrons. The molecule has 0 aliphatic carbocycles. The quantitative estimate of drug-likeness (QED) is 0.306. The number of aromatic nitrogens is 1. The lowest BCUT2D eigenvalue weighted by Gasteiger charge is -2.20. The summed E-state index contributed by atoms with van der Waals surface area (Å²) in [5.74, 6) is 0.885. The number of likely N-dealkylation sites (tertiary alicyclic amines) is 1. The summed E-state index contributed by atoms with van der Waals surface area (Å²) in [5.41, 5.74) is 0.0467. The number of hydrogen-bond acceptors (Lipinski definition) is 3. The van der Waals surface area contributed by atoms with E-state index in [-0.39, 0.29) is 35.6 Å². The van der Waals surface area contributed by atoms with Crippen LogP contribution in [0.3, 0.4) is 0 Å². The number of nitrogens with zero attached hydrogens (tertiary/aromatic N) is 3. The normalized spacial score (nSPS) is 17.9. The Kier molecular flexibility index (Phi) is 9.23. The van der Waals surface area contributed by atoms with Crippen LogP contribution in [0.5, 0.6) is 0 Å². The van der Waals surface area contributed by atoms with Gasteiger partial charge in [-0.05, 0) is 32.3 Å². The van der Waals surface area contributed by atoms with Crippen molar-refractivity contribution in [2.24, 2.45) is 4.99 Å². The molecule has 1 aromatic heterocycles. The highest BCUT2D eigenvalue weighted by molar-refractivity contribution is 14.0. The van der Waals surface area contributed by atoms with Crippen molar-refractivity contribution >= 4 is 29.9 Å². The van der Waals surface area contributed by atoms with Gasteiger partial charge in [0.2, 0.25) is 5.56 Å². The summed E-state index contributed by atoms with van der Waals surface area (Å²) in [5, 5.41) is 12.9. The number of aryl methyl sites for hydroxylation is 1. The molecule has 1 aliphatic rings. The van der Waals surface area contributed by atoms with Gasteiger partial charge in [-0.1, -0.05) is 6.07 Å². The minimum absolute atomic E-state index is 0. The average molecular weight is 434 g/mol. The van der Waals surface area contributed by atoms with Crippen LogP contribution < -0.4 is 10.9 Å². The highest BCUT2D eigenvalue weighted by atomic mass is 127. The SMILES string of the molecule is CCNC(=NCCCCn1ccccc1=O)N1CC[C@@H](O)C1.I. The maximum atomic E-state index is 11.6. The Morgan fingerprint density at radius 1 is 1.43 bits per heavy atom. The highest BCUT2D eigenvalue weighted by Crippen LogP contribution is 2.08. The van der Waals surface area contributed by atoms with Gasteiger partial charge in [0.05, 0.1) is 6.10 Å². The van der Waals surface area contributed by atoms with E-state index < -0.39 is 0 Å². The maximum absolute atomic E-state index is 11.6. The molecule has 2 heterocycles. The molecule has 0 bridgehead atoms. The summed E-state index contributed by atoms with van der Waals surface area (Å²) in [6, 6.07) is 5.22. The number of aliphatic hydroxyl groups excluding tert-OH is 1. The van der Waals surface area contributed by atoms with Crippen molar-refractivity contribution in [3.8, 4) is 0 Å². The third kappa shape index (κ3) is 6.50. The van der Waals surface area contributed by atoms with Crippen LogP contribution in [-0.2, 0) is 6.54 Å². The molecule has 0 saturated carbocycles. The molecule has 1 atom stereocenters. The van der Waals surface area contributed by atoms with Crippen molar-refractivity contribution in [1.29, 1.82) is 0 Å². The van der Waals surface area contributed by atoms with Gasteiger partial charge in [-0.3, -0.25) is 9.79 Å². The fraction of sp³-hybridized carbons (Fsp3) is 0.625. The molecule has 0 unspecified atom stereocenters. The van der Waals surface area contributed by atoms with Crippen molar-refractivity contribution < 1.29 is 5.11 Å². The molecule has 1 saturated heterocycles. The van der Waals surface area contributed by atoms with Gasteiger partial charge in [-0.15, -0.1) is 24.0 Å². The smallest absolute Gasteiger partial charge is 0.250 e. The van der Waals surface area contributed by atoms with Crippen molar-refractivity contribution in [1.82, 2.24) is 14.8 Å². The van der Waals surface area contributed by atoms with Crippen LogP contribution in [0.2, 0.25) is 0 Å². The summed E-state index contributed by atoms with van der Waals surface area (Å²) in [4.78, 5) is 18.3. The third-order valence-corrected chi connectivity index (χ3v) is 3.77. The van der Waals surface area contributed by atoms with Crippen LogP contribution in [0.1, 0.15) is 26.2 Å². The number of pyridine rings is 1. The predicted octanol–water partition coefficient (Wildman–Crippen LogP) is 1.28. The number of nitrogens with one attached hydrogen (secondary N) is 1. The molecule has 6 nitrogen and oxygen atoms in total. The molecule has 0 spiro atoms. The number of aliphatic imine (C=N–C) groups is 1. The second-order valence-electron chi connectivity index (χ2n) is 5.56. The fourth-order valence-electron chi connectivity index (χ4n) is 2.58. The van der Waals surface area contributed by atoms with E-state index in [9.17, 15) is 9.90 Å². The number of rotatable bonds is 6. The van der Waals surface area contributed by atoms with Gasteiger partial charge in [-0.2, -0.15) is 0 Å². The lowest BCUT2D eigenvalue weighted by atomic mass is 10.3. The van der Waals surface area contributed by atoms with E-state index >= 15 is 0 Å². The van der Waals surface area contributed by atoms with Crippen molar-refractivity contribution in [3.63, 3.8) is 0 Å². The Balaban J connectivity index is 0.00000264. The van der Waals surface area contributed by atoms with E-state index in [4.69, 9.17) is 0 Å². The number of β-amino-alcohol motifs (C(OH)–C–C–N with tert-alkyl or cyclic N) is 1. The van der Waals surface area contributed by atoms with E-state index in [1.165, 1.54) is 0 Å². The lowest BCUT2D eigenvalue weighted by Crippen LogP contribution is -2.40. The maximum Gasteiger partial charge on any atom is 0.250 e. The predicted molar refractivity (Wildman–Crippen MR) is 104 cm³/mol. The third-order valence-electron chi connectivity index (χ3n) is 3.77. The van der Waals surface area contributed by atoms with Crippen LogP contribution in [0.4, 0.5) is 0 Å². The van der Waals surface area contributed by atoms with Crippen LogP contribution in [0, 0.1) is 0 Å². The number of aliphatic hydroxyl groups is 1. The zero-order valence-electron chi connectivity index (χ0n) is 13.6. The summed E-state index contributed by atoms with van der Waals surface area (Å²) in [6.07, 6.45) is 4.25. The molecule has 1 aromatic rings. The molecule has 7 heteroatoms. The highest BCUT2D eigenvalue weighted by Gasteiger charge is 2.22. The van der Waals surface area contributed by atoms with Crippen LogP contribution in [-0.4, -0.2) is 52.8 Å². The zero-order valence-corrected chi connectivity index (χ0v) is 16.0. The molecule has 1 fully saturated rings. The number of halogens is 1. The van der Waals surface area contributed by atoms with E-state index in [1.54, 1.807) is 16.7 Å². The van der Waals surface area contributed by atoms with E-state index in [0.717, 1.165) is 51.4 Å². The van der Waals surface area contributed by atoms with Gasteiger partial charge in [-0.25, -0.2) is 0 Å². The summed E-state index contributed by atoms with van der Waals surface area (Å²) < 4.78 is 1.73. The first kappa shape index (κ1) is 20.0. The minimum Gasteiger partial charge on any atom is -0.391 e. The molecule has 0 aromatic carbocycles. The first-order chi connectivity index (χ1) is 10.7. The lowest BCUT2D eigenvalue weighted by molar-refractivity contribution is 0.188. The molecular formula is C16H27IN4O2. The number of guanidine groups is 1. The van der Waals surface area contributed by atoms with E-state index in [1.807, 2.05) is 19.2 Å². The van der Waals surface area contributed by atoms with E-state index in [0.29, 0.717) is 6.54 Å². The van der Waals surface area contributed by atoms with Gasteiger partial charge in [0.25, 0.3) is 0 Å². The molecule has 2 N–H and O–H groups in total. The first-order valence-corrected chi connectivity index (χ1v) is 8.07. The van der Waals surface area contributed by atoms with Gasteiger partial charge < -0.3 is 19.9 Å². The minimum atomic E-state index is -0.242. The Bertz CT molecular complexity index is 547. The molecule has 1 aliphatic heterocycles. The monoisotopic (exact) mass is 434 g/mol. The summed E-state index contributed by atoms with van der Waals surface area (Å²) >= 11 is 0. The topological polar surface area (TPSA) is 69.9 Å². The van der Waals surface area contributed by atoms with Crippen LogP contribution in [0.15, 0.2) is 34.2 Å². The Morgan fingerprint density at radius 2 is 2.26 bits per heavy atom. The van der Waals surface area contributed by atoms with Gasteiger partial charge in [0.15, 0.2) is 5.96 Å². The number of hydrogen-bond donors (Lipinski definition) is 2. The molecule has 130 valence electrons. The second-order valence-corrected chi connectivity index (χ2v) is 5.56. The standard InChI is InChI=1S/C16H26N4O2.HI/c1-2-17-16(20-12-8-14(21)13-20)18-9-4-6-11-19-10-5-3-7-15(19)22;/h3,5,7,10,14,21H,2,4,6,8-9,11-13H2,1H3,(H,17,18);1H/t14-;/m1./s1. The Hall–Kier alpha value is -1.09. The first-order valence-electron chi connectivity index (χ1n) is 8.07. The zero-order chi connectivity index (χ0) is 15.8. The number of unbranched alkanes of at least 4 members (excludes halogenated alkanes) is 1. The van der Waals surface area contributed by atoms with Crippen molar-refractivity contribution in [2.75, 3.05) is 26.2 Å². The summed E-state index contributed by atoms with van der Waals surface area (Å²) in [7, 11) is 0. The Morgan fingerprint density at radius 3 is 2.91 bits per heavy atom. The van der Waals surface area contributed by atoms with Crippen molar-refractivity contribution in [2.45, 2.75) is 38.8 Å². The van der Waals surface area contributed by atoms with E-state index in [2.05, 4.69) is 15.2 Å². The van der Waals surface area contributed by atoms with Gasteiger partial charge in [0, 0.05) is 45.0 Å². The fourth-order valence-corrected chi connectivity index (χ4v) is 2.58. The molecule has 0 amide bonds. The summed E-state index contributed by atoms with van der Waals surface area (Å²) in [6.45, 7) is 5.84. The van der Waals surface area contributed by atoms with Crippen molar-refractivity contribution in [3.05, 3.63) is 34.7 Å². The Labute approximate surface area is 154 Å². The largest absolute Gasteiger partial charge is 0.391 e. The molecule has 23 heavy (non-hydrogen) atoms. The average Bonchev–Trinajstić information content (AvgIpc) is 2.94. The second kappa shape index (κ2) is 10.6. The molecular weight excluding hydrogens is 407 g/mol. The molecule has 2 rings (SSSR count).